The molecule has 1 aromatic carbocycles. The summed E-state index contributed by atoms with van der Waals surface area (Å²) in [4.78, 5) is 1.10. The smallest absolute Gasteiger partial charge is 0.0544 e. The molecule has 0 amide bonds. The molecule has 0 saturated heterocycles. The average Bonchev–Trinajstić information content (AvgIpc) is 2.04. The maximum Gasteiger partial charge on any atom is 0.0544 e. The predicted molar refractivity (Wildman–Crippen MR) is 51.1 cm³/mol. The minimum Gasteiger partial charge on any atom is -0.326 e. The van der Waals surface area contributed by atoms with Crippen LogP contribution in [0.2, 0.25) is 5.02 Å². The molecule has 1 rings (SSSR count). The molecule has 0 aromatic heterocycles. The predicted octanol–water partition coefficient (Wildman–Crippen LogP) is 2.52. The zero-order valence-electron chi connectivity index (χ0n) is 6.30. The van der Waals surface area contributed by atoms with E-state index in [0.717, 1.165) is 15.5 Å². The van der Waals surface area contributed by atoms with E-state index < -0.39 is 0 Å². The fraction of sp³-hybridized carbons (Fsp3) is 0.250. The van der Waals surface area contributed by atoms with Gasteiger partial charge in [-0.05, 0) is 24.0 Å². The summed E-state index contributed by atoms with van der Waals surface area (Å²) in [6, 6.07) is 5.90. The highest BCUT2D eigenvalue weighted by Crippen LogP contribution is 2.25. The van der Waals surface area contributed by atoms with Gasteiger partial charge in [0.2, 0.25) is 0 Å². The van der Waals surface area contributed by atoms with Gasteiger partial charge < -0.3 is 5.73 Å². The van der Waals surface area contributed by atoms with Crippen molar-refractivity contribution in [2.75, 3.05) is 6.26 Å². The van der Waals surface area contributed by atoms with Crippen molar-refractivity contribution in [1.29, 1.82) is 0 Å². The van der Waals surface area contributed by atoms with Crippen molar-refractivity contribution in [2.45, 2.75) is 11.4 Å². The lowest BCUT2D eigenvalue weighted by atomic mass is 10.2. The summed E-state index contributed by atoms with van der Waals surface area (Å²) in [5.74, 6) is 0. The molecular weight excluding hydrogens is 178 g/mol. The molecule has 2 N–H and O–H groups in total. The van der Waals surface area contributed by atoms with Gasteiger partial charge in [-0.2, -0.15) is 0 Å². The van der Waals surface area contributed by atoms with E-state index in [9.17, 15) is 0 Å². The Bertz CT molecular complexity index is 250. The van der Waals surface area contributed by atoms with Crippen LogP contribution in [0.1, 0.15) is 5.56 Å². The van der Waals surface area contributed by atoms with Crippen molar-refractivity contribution in [3.8, 4) is 0 Å². The Morgan fingerprint density at radius 3 is 2.73 bits per heavy atom. The lowest BCUT2D eigenvalue weighted by Crippen LogP contribution is -1.95. The maximum absolute atomic E-state index is 5.93. The third kappa shape index (κ3) is 2.12. The van der Waals surface area contributed by atoms with Gasteiger partial charge in [0.1, 0.15) is 0 Å². The molecule has 0 fully saturated rings. The van der Waals surface area contributed by atoms with Crippen LogP contribution < -0.4 is 5.73 Å². The van der Waals surface area contributed by atoms with Crippen LogP contribution >= 0.6 is 23.4 Å². The zero-order chi connectivity index (χ0) is 8.27. The number of thioether (sulfide) groups is 1. The number of nitrogens with two attached hydrogens (primary N) is 1. The molecule has 0 aliphatic carbocycles. The highest BCUT2D eigenvalue weighted by molar-refractivity contribution is 7.98. The lowest BCUT2D eigenvalue weighted by Gasteiger charge is -2.01. The van der Waals surface area contributed by atoms with Crippen LogP contribution in [0.3, 0.4) is 0 Å². The first-order chi connectivity index (χ1) is 5.27. The highest BCUT2D eigenvalue weighted by atomic mass is 35.5. The van der Waals surface area contributed by atoms with Crippen molar-refractivity contribution in [2.24, 2.45) is 5.73 Å². The van der Waals surface area contributed by atoms with Crippen LogP contribution in [0.4, 0.5) is 0 Å². The first kappa shape index (κ1) is 8.91. The third-order valence-electron chi connectivity index (χ3n) is 1.45. The molecular formula is C8H10ClNS. The fourth-order valence-electron chi connectivity index (χ4n) is 0.837. The SMILES string of the molecule is CSc1ccc(CN)cc1Cl. The lowest BCUT2D eigenvalue weighted by molar-refractivity contribution is 1.07. The Balaban J connectivity index is 2.99. The Kier molecular flexibility index (Phi) is 3.24. The fourth-order valence-corrected chi connectivity index (χ4v) is 1.73. The van der Waals surface area contributed by atoms with Crippen molar-refractivity contribution in [1.82, 2.24) is 0 Å². The van der Waals surface area contributed by atoms with E-state index in [0.29, 0.717) is 6.54 Å². The second kappa shape index (κ2) is 4.00. The minimum atomic E-state index is 0.550. The van der Waals surface area contributed by atoms with E-state index >= 15 is 0 Å². The van der Waals surface area contributed by atoms with E-state index in [1.807, 2.05) is 24.5 Å². The third-order valence-corrected chi connectivity index (χ3v) is 2.67. The Morgan fingerprint density at radius 1 is 1.55 bits per heavy atom. The van der Waals surface area contributed by atoms with Gasteiger partial charge in [-0.25, -0.2) is 0 Å². The molecule has 0 radical (unpaired) electrons. The average molecular weight is 188 g/mol. The van der Waals surface area contributed by atoms with Crippen molar-refractivity contribution in [3.63, 3.8) is 0 Å². The van der Waals surface area contributed by atoms with Crippen molar-refractivity contribution < 1.29 is 0 Å². The minimum absolute atomic E-state index is 0.550. The van der Waals surface area contributed by atoms with Gasteiger partial charge >= 0.3 is 0 Å². The molecule has 0 saturated carbocycles. The molecule has 1 aromatic rings. The number of halogens is 1. The molecule has 0 aliphatic heterocycles. The second-order valence-electron chi connectivity index (χ2n) is 2.17. The van der Waals surface area contributed by atoms with Gasteiger partial charge in [0.25, 0.3) is 0 Å². The summed E-state index contributed by atoms with van der Waals surface area (Å²) in [7, 11) is 0. The van der Waals surface area contributed by atoms with Crippen LogP contribution in [-0.4, -0.2) is 6.26 Å². The van der Waals surface area contributed by atoms with E-state index in [2.05, 4.69) is 0 Å². The molecule has 1 nitrogen and oxygen atoms in total. The van der Waals surface area contributed by atoms with E-state index in [-0.39, 0.29) is 0 Å². The van der Waals surface area contributed by atoms with Gasteiger partial charge in [-0.3, -0.25) is 0 Å². The van der Waals surface area contributed by atoms with Gasteiger partial charge in [-0.15, -0.1) is 11.8 Å². The zero-order valence-corrected chi connectivity index (χ0v) is 7.88. The van der Waals surface area contributed by atoms with E-state index in [1.54, 1.807) is 11.8 Å². The molecule has 0 heterocycles. The Hall–Kier alpha value is -0.180. The Labute approximate surface area is 75.9 Å². The maximum atomic E-state index is 5.93. The normalized spacial score (nSPS) is 10.1. The molecule has 0 atom stereocenters. The van der Waals surface area contributed by atoms with Crippen molar-refractivity contribution >= 4 is 23.4 Å². The van der Waals surface area contributed by atoms with Crippen LogP contribution in [0.25, 0.3) is 0 Å². The molecule has 11 heavy (non-hydrogen) atoms. The monoisotopic (exact) mass is 187 g/mol. The van der Waals surface area contributed by atoms with Crippen LogP contribution in [-0.2, 0) is 6.54 Å². The largest absolute Gasteiger partial charge is 0.326 e. The summed E-state index contributed by atoms with van der Waals surface area (Å²) in [5.41, 5.74) is 6.52. The first-order valence-electron chi connectivity index (χ1n) is 3.30. The Morgan fingerprint density at radius 2 is 2.27 bits per heavy atom. The van der Waals surface area contributed by atoms with Gasteiger partial charge in [0.15, 0.2) is 0 Å². The summed E-state index contributed by atoms with van der Waals surface area (Å²) in [6.45, 7) is 0.550. The summed E-state index contributed by atoms with van der Waals surface area (Å²) < 4.78 is 0. The van der Waals surface area contributed by atoms with Gasteiger partial charge in [-0.1, -0.05) is 17.7 Å². The molecule has 0 aliphatic rings. The first-order valence-corrected chi connectivity index (χ1v) is 4.90. The topological polar surface area (TPSA) is 26.0 Å². The van der Waals surface area contributed by atoms with E-state index in [4.69, 9.17) is 17.3 Å². The number of hydrogen-bond acceptors (Lipinski definition) is 2. The summed E-state index contributed by atoms with van der Waals surface area (Å²) in [6.07, 6.45) is 2.00. The molecule has 0 unspecified atom stereocenters. The van der Waals surface area contributed by atoms with Gasteiger partial charge in [0, 0.05) is 11.4 Å². The number of benzene rings is 1. The molecule has 0 bridgehead atoms. The van der Waals surface area contributed by atoms with Crippen molar-refractivity contribution in [3.05, 3.63) is 28.8 Å². The molecule has 60 valence electrons. The highest BCUT2D eigenvalue weighted by Gasteiger charge is 1.98. The number of hydrogen-bond donors (Lipinski definition) is 1. The molecule has 3 heteroatoms. The van der Waals surface area contributed by atoms with Gasteiger partial charge in [0.05, 0.1) is 5.02 Å². The van der Waals surface area contributed by atoms with Crippen LogP contribution in [0.15, 0.2) is 23.1 Å². The molecule has 0 spiro atoms. The van der Waals surface area contributed by atoms with Crippen LogP contribution in [0, 0.1) is 0 Å². The van der Waals surface area contributed by atoms with Crippen LogP contribution in [0.5, 0.6) is 0 Å². The quantitative estimate of drug-likeness (QED) is 0.721. The summed E-state index contributed by atoms with van der Waals surface area (Å²) >= 11 is 7.57. The summed E-state index contributed by atoms with van der Waals surface area (Å²) in [5, 5.41) is 0.792. The van der Waals surface area contributed by atoms with E-state index in [1.165, 1.54) is 0 Å². The number of rotatable bonds is 2. The second-order valence-corrected chi connectivity index (χ2v) is 3.43. The standard InChI is InChI=1S/C8H10ClNS/c1-11-8-3-2-6(5-10)4-7(8)9/h2-4H,5,10H2,1H3.